The van der Waals surface area contributed by atoms with E-state index in [1.165, 1.54) is 0 Å². The van der Waals surface area contributed by atoms with Gasteiger partial charge in [0.15, 0.2) is 5.58 Å². The molecule has 1 saturated heterocycles. The molecule has 1 aromatic carbocycles. The van der Waals surface area contributed by atoms with Crippen LogP contribution in [-0.4, -0.2) is 35.0 Å². The van der Waals surface area contributed by atoms with Gasteiger partial charge in [0.05, 0.1) is 0 Å². The van der Waals surface area contributed by atoms with Gasteiger partial charge in [-0.25, -0.2) is 4.98 Å². The van der Waals surface area contributed by atoms with Crippen LogP contribution in [0.25, 0.3) is 11.2 Å². The van der Waals surface area contributed by atoms with E-state index in [-0.39, 0.29) is 11.9 Å². The molecule has 2 aromatic heterocycles. The van der Waals surface area contributed by atoms with Crippen molar-refractivity contribution < 1.29 is 9.21 Å². The summed E-state index contributed by atoms with van der Waals surface area (Å²) >= 11 is 0. The Hall–Kier alpha value is -2.89. The van der Waals surface area contributed by atoms with Crippen LogP contribution in [-0.2, 0) is 0 Å². The minimum Gasteiger partial charge on any atom is -0.422 e. The Morgan fingerprint density at radius 1 is 1.29 bits per heavy atom. The third kappa shape index (κ3) is 2.82. The van der Waals surface area contributed by atoms with Gasteiger partial charge in [-0.3, -0.25) is 4.79 Å². The number of oxazole rings is 1. The van der Waals surface area contributed by atoms with Crippen molar-refractivity contribution in [3.8, 4) is 0 Å². The van der Waals surface area contributed by atoms with E-state index in [9.17, 15) is 4.79 Å². The smallest absolute Gasteiger partial charge is 0.300 e. The minimum atomic E-state index is -0.0407. The van der Waals surface area contributed by atoms with Crippen LogP contribution in [0.1, 0.15) is 22.3 Å². The van der Waals surface area contributed by atoms with Gasteiger partial charge >= 0.3 is 0 Å². The molecule has 1 aliphatic heterocycles. The molecular weight excluding hydrogens is 304 g/mol. The van der Waals surface area contributed by atoms with E-state index in [1.807, 2.05) is 48.2 Å². The number of carbonyl (C=O) groups is 1. The fraction of sp³-hybridized carbons (Fsp3) is 0.278. The fourth-order valence-electron chi connectivity index (χ4n) is 2.92. The largest absolute Gasteiger partial charge is 0.422 e. The molecule has 1 unspecified atom stereocenters. The number of fused-ring (bicyclic) bond motifs is 1. The molecule has 1 atom stereocenters. The second kappa shape index (κ2) is 5.96. The first-order chi connectivity index (χ1) is 11.7. The number of hydrogen-bond acceptors (Lipinski definition) is 5. The summed E-state index contributed by atoms with van der Waals surface area (Å²) < 4.78 is 5.74. The van der Waals surface area contributed by atoms with E-state index in [2.05, 4.69) is 15.3 Å². The molecule has 6 nitrogen and oxygen atoms in total. The van der Waals surface area contributed by atoms with Gasteiger partial charge in [0.2, 0.25) is 5.65 Å². The monoisotopic (exact) mass is 322 g/mol. The number of aromatic nitrogens is 2. The summed E-state index contributed by atoms with van der Waals surface area (Å²) in [5.41, 5.74) is 3.12. The summed E-state index contributed by atoms with van der Waals surface area (Å²) in [5.74, 6) is -0.0407. The summed E-state index contributed by atoms with van der Waals surface area (Å²) in [6, 6.07) is 11.9. The number of anilines is 1. The van der Waals surface area contributed by atoms with E-state index < -0.39 is 0 Å². The van der Waals surface area contributed by atoms with Crippen molar-refractivity contribution in [2.75, 3.05) is 18.0 Å². The lowest BCUT2D eigenvalue weighted by Gasteiger charge is -2.14. The highest BCUT2D eigenvalue weighted by Gasteiger charge is 2.27. The van der Waals surface area contributed by atoms with Crippen LogP contribution < -0.4 is 10.2 Å². The van der Waals surface area contributed by atoms with E-state index in [1.54, 1.807) is 6.20 Å². The quantitative estimate of drug-likeness (QED) is 0.802. The average molecular weight is 322 g/mol. The molecule has 1 fully saturated rings. The fourth-order valence-corrected chi connectivity index (χ4v) is 2.92. The lowest BCUT2D eigenvalue weighted by molar-refractivity contribution is 0.0940. The van der Waals surface area contributed by atoms with Crippen LogP contribution in [0, 0.1) is 6.92 Å². The van der Waals surface area contributed by atoms with Gasteiger partial charge in [0.1, 0.15) is 0 Å². The highest BCUT2D eigenvalue weighted by atomic mass is 16.4. The highest BCUT2D eigenvalue weighted by molar-refractivity contribution is 5.94. The van der Waals surface area contributed by atoms with Crippen LogP contribution in [0.5, 0.6) is 0 Å². The van der Waals surface area contributed by atoms with E-state index in [4.69, 9.17) is 4.42 Å². The maximum atomic E-state index is 12.3. The molecule has 1 aliphatic rings. The number of amides is 1. The Labute approximate surface area is 139 Å². The summed E-state index contributed by atoms with van der Waals surface area (Å²) in [6.45, 7) is 3.49. The Kier molecular flexibility index (Phi) is 3.65. The van der Waals surface area contributed by atoms with Gasteiger partial charge in [-0.2, -0.15) is 4.98 Å². The van der Waals surface area contributed by atoms with Crippen molar-refractivity contribution in [1.29, 1.82) is 0 Å². The van der Waals surface area contributed by atoms with Gasteiger partial charge in [-0.1, -0.05) is 17.7 Å². The Morgan fingerprint density at radius 3 is 2.92 bits per heavy atom. The predicted molar refractivity (Wildman–Crippen MR) is 91.1 cm³/mol. The molecule has 0 bridgehead atoms. The third-order valence-corrected chi connectivity index (χ3v) is 4.26. The van der Waals surface area contributed by atoms with Crippen LogP contribution in [0.15, 0.2) is 47.0 Å². The number of aryl methyl sites for hydroxylation is 1. The summed E-state index contributed by atoms with van der Waals surface area (Å²) in [6.07, 6.45) is 2.56. The standard InChI is InChI=1S/C18H18N4O2/c1-12-4-6-13(7-5-12)17(23)20-14-8-10-22(11-14)18-21-16-15(24-18)3-2-9-19-16/h2-7,9,14H,8,10-11H2,1H3,(H,20,23). The SMILES string of the molecule is Cc1ccc(C(=O)NC2CCN(c3nc4ncccc4o3)C2)cc1. The van der Waals surface area contributed by atoms with Crippen molar-refractivity contribution in [1.82, 2.24) is 15.3 Å². The van der Waals surface area contributed by atoms with Crippen LogP contribution >= 0.6 is 0 Å². The van der Waals surface area contributed by atoms with Gasteiger partial charge < -0.3 is 14.6 Å². The summed E-state index contributed by atoms with van der Waals surface area (Å²) in [4.78, 5) is 23.0. The molecular formula is C18H18N4O2. The van der Waals surface area contributed by atoms with Gasteiger partial charge in [-0.05, 0) is 37.6 Å². The lowest BCUT2D eigenvalue weighted by atomic mass is 10.1. The normalized spacial score (nSPS) is 17.4. The topological polar surface area (TPSA) is 71.3 Å². The number of carbonyl (C=O) groups excluding carboxylic acids is 1. The molecule has 24 heavy (non-hydrogen) atoms. The molecule has 0 aliphatic carbocycles. The summed E-state index contributed by atoms with van der Waals surface area (Å²) in [7, 11) is 0. The molecule has 0 saturated carbocycles. The minimum absolute atomic E-state index is 0.0407. The first-order valence-electron chi connectivity index (χ1n) is 8.03. The van der Waals surface area contributed by atoms with Crippen molar-refractivity contribution >= 4 is 23.2 Å². The molecule has 4 rings (SSSR count). The second-order valence-corrected chi connectivity index (χ2v) is 6.09. The van der Waals surface area contributed by atoms with Crippen LogP contribution in [0.2, 0.25) is 0 Å². The lowest BCUT2D eigenvalue weighted by Crippen LogP contribution is -2.37. The number of nitrogens with zero attached hydrogens (tertiary/aromatic N) is 3. The molecule has 3 heterocycles. The molecule has 1 amide bonds. The molecule has 0 radical (unpaired) electrons. The summed E-state index contributed by atoms with van der Waals surface area (Å²) in [5, 5.41) is 3.08. The number of rotatable bonds is 3. The zero-order valence-corrected chi connectivity index (χ0v) is 13.4. The molecule has 3 aromatic rings. The van der Waals surface area contributed by atoms with Gasteiger partial charge in [0, 0.05) is 30.9 Å². The molecule has 0 spiro atoms. The number of benzene rings is 1. The Balaban J connectivity index is 1.42. The van der Waals surface area contributed by atoms with Crippen molar-refractivity contribution in [3.05, 3.63) is 53.7 Å². The van der Waals surface area contributed by atoms with Gasteiger partial charge in [-0.15, -0.1) is 0 Å². The van der Waals surface area contributed by atoms with E-state index in [0.717, 1.165) is 18.5 Å². The molecule has 6 heteroatoms. The third-order valence-electron chi connectivity index (χ3n) is 4.26. The number of nitrogens with one attached hydrogen (secondary N) is 1. The average Bonchev–Trinajstić information content (AvgIpc) is 3.21. The predicted octanol–water partition coefficient (Wildman–Crippen LogP) is 2.54. The maximum absolute atomic E-state index is 12.3. The molecule has 1 N–H and O–H groups in total. The van der Waals surface area contributed by atoms with Crippen molar-refractivity contribution in [2.24, 2.45) is 0 Å². The zero-order chi connectivity index (χ0) is 16.5. The zero-order valence-electron chi connectivity index (χ0n) is 13.4. The second-order valence-electron chi connectivity index (χ2n) is 6.09. The van der Waals surface area contributed by atoms with Crippen LogP contribution in [0.3, 0.4) is 0 Å². The maximum Gasteiger partial charge on any atom is 0.300 e. The Bertz CT molecular complexity index is 839. The first-order valence-corrected chi connectivity index (χ1v) is 8.03. The van der Waals surface area contributed by atoms with E-state index >= 15 is 0 Å². The van der Waals surface area contributed by atoms with Gasteiger partial charge in [0.25, 0.3) is 11.9 Å². The first kappa shape index (κ1) is 14.7. The Morgan fingerprint density at radius 2 is 2.12 bits per heavy atom. The van der Waals surface area contributed by atoms with Crippen molar-refractivity contribution in [3.63, 3.8) is 0 Å². The molecule has 122 valence electrons. The van der Waals surface area contributed by atoms with Crippen molar-refractivity contribution in [2.45, 2.75) is 19.4 Å². The van der Waals surface area contributed by atoms with E-state index in [0.29, 0.717) is 29.4 Å². The van der Waals surface area contributed by atoms with Crippen LogP contribution in [0.4, 0.5) is 6.01 Å². The highest BCUT2D eigenvalue weighted by Crippen LogP contribution is 2.23. The number of pyridine rings is 1. The number of hydrogen-bond donors (Lipinski definition) is 1.